The lowest BCUT2D eigenvalue weighted by Gasteiger charge is -2.07. The number of ether oxygens (including phenoxy) is 1. The number of hydrogen-bond acceptors (Lipinski definition) is 4. The predicted octanol–water partition coefficient (Wildman–Crippen LogP) is 1.18. The zero-order valence-corrected chi connectivity index (χ0v) is 8.68. The van der Waals surface area contributed by atoms with Crippen LogP contribution >= 0.6 is 0 Å². The van der Waals surface area contributed by atoms with Crippen LogP contribution in [0.2, 0.25) is 0 Å². The molecule has 0 saturated carbocycles. The Morgan fingerprint density at radius 1 is 1.31 bits per heavy atom. The third-order valence-corrected chi connectivity index (χ3v) is 1.65. The van der Waals surface area contributed by atoms with E-state index < -0.39 is 5.97 Å². The largest absolute Gasteiger partial charge is 0.491 e. The van der Waals surface area contributed by atoms with Crippen LogP contribution in [0.25, 0.3) is 0 Å². The molecule has 0 atom stereocenters. The molecule has 0 spiro atoms. The standard InChI is InChI=1S/C11H13NO4/c1-9(11(13)14)12-16-8-7-15-10-5-3-2-4-6-10/h2-6,12H,1,7-8H2,(H,13,14). The first kappa shape index (κ1) is 12.1. The summed E-state index contributed by atoms with van der Waals surface area (Å²) in [4.78, 5) is 15.1. The lowest BCUT2D eigenvalue weighted by Crippen LogP contribution is -2.22. The highest BCUT2D eigenvalue weighted by molar-refractivity contribution is 5.84. The molecule has 5 heteroatoms. The minimum absolute atomic E-state index is 0.209. The molecule has 16 heavy (non-hydrogen) atoms. The number of hydroxylamine groups is 1. The van der Waals surface area contributed by atoms with Crippen LogP contribution in [0.4, 0.5) is 0 Å². The fourth-order valence-electron chi connectivity index (χ4n) is 0.900. The van der Waals surface area contributed by atoms with Crippen LogP contribution in [0.5, 0.6) is 5.75 Å². The Labute approximate surface area is 93.3 Å². The molecule has 5 nitrogen and oxygen atoms in total. The second kappa shape index (κ2) is 6.47. The summed E-state index contributed by atoms with van der Waals surface area (Å²) in [6.45, 7) is 3.78. The Balaban J connectivity index is 2.09. The Morgan fingerprint density at radius 2 is 2.00 bits per heavy atom. The molecule has 0 amide bonds. The number of hydrogen-bond donors (Lipinski definition) is 2. The van der Waals surface area contributed by atoms with E-state index in [9.17, 15) is 4.79 Å². The van der Waals surface area contributed by atoms with E-state index in [4.69, 9.17) is 14.7 Å². The van der Waals surface area contributed by atoms with Gasteiger partial charge < -0.3 is 9.84 Å². The Morgan fingerprint density at radius 3 is 2.62 bits per heavy atom. The molecule has 0 radical (unpaired) electrons. The van der Waals surface area contributed by atoms with Gasteiger partial charge in [0, 0.05) is 0 Å². The van der Waals surface area contributed by atoms with Crippen molar-refractivity contribution in [3.8, 4) is 5.75 Å². The summed E-state index contributed by atoms with van der Waals surface area (Å²) in [6, 6.07) is 9.26. The van der Waals surface area contributed by atoms with Crippen molar-refractivity contribution in [1.29, 1.82) is 0 Å². The molecule has 0 aliphatic heterocycles. The quantitative estimate of drug-likeness (QED) is 0.413. The average molecular weight is 223 g/mol. The van der Waals surface area contributed by atoms with Gasteiger partial charge in [0.05, 0.1) is 0 Å². The van der Waals surface area contributed by atoms with E-state index in [1.54, 1.807) is 0 Å². The maximum atomic E-state index is 10.3. The number of benzene rings is 1. The lowest BCUT2D eigenvalue weighted by atomic mass is 10.3. The molecule has 0 bridgehead atoms. The van der Waals surface area contributed by atoms with Gasteiger partial charge in [-0.3, -0.25) is 10.3 Å². The molecule has 1 aromatic carbocycles. The summed E-state index contributed by atoms with van der Waals surface area (Å²) in [7, 11) is 0. The summed E-state index contributed by atoms with van der Waals surface area (Å²) in [5.41, 5.74) is 1.99. The van der Waals surface area contributed by atoms with Crippen LogP contribution in [0, 0.1) is 0 Å². The average Bonchev–Trinajstić information content (AvgIpc) is 2.29. The first-order valence-corrected chi connectivity index (χ1v) is 4.68. The smallest absolute Gasteiger partial charge is 0.353 e. The summed E-state index contributed by atoms with van der Waals surface area (Å²) >= 11 is 0. The first-order chi connectivity index (χ1) is 7.70. The van der Waals surface area contributed by atoms with Crippen LogP contribution in [0.3, 0.4) is 0 Å². The van der Waals surface area contributed by atoms with Crippen LogP contribution in [-0.4, -0.2) is 24.3 Å². The van der Waals surface area contributed by atoms with E-state index >= 15 is 0 Å². The minimum atomic E-state index is -1.15. The fraction of sp³-hybridized carbons (Fsp3) is 0.182. The Hall–Kier alpha value is -2.01. The van der Waals surface area contributed by atoms with E-state index in [1.165, 1.54) is 0 Å². The van der Waals surface area contributed by atoms with Crippen LogP contribution in [0.15, 0.2) is 42.6 Å². The molecule has 0 unspecified atom stereocenters. The zero-order chi connectivity index (χ0) is 11.8. The van der Waals surface area contributed by atoms with Crippen LogP contribution in [0.1, 0.15) is 0 Å². The highest BCUT2D eigenvalue weighted by Crippen LogP contribution is 2.07. The van der Waals surface area contributed by atoms with Gasteiger partial charge in [0.25, 0.3) is 0 Å². The zero-order valence-electron chi connectivity index (χ0n) is 8.68. The maximum absolute atomic E-state index is 10.3. The molecule has 1 aromatic rings. The molecule has 86 valence electrons. The Kier molecular flexibility index (Phi) is 4.88. The van der Waals surface area contributed by atoms with Crippen molar-refractivity contribution in [3.63, 3.8) is 0 Å². The van der Waals surface area contributed by atoms with Crippen molar-refractivity contribution in [2.24, 2.45) is 0 Å². The highest BCUT2D eigenvalue weighted by Gasteiger charge is 2.01. The number of carbonyl (C=O) groups is 1. The number of carboxylic acid groups (broad SMARTS) is 1. The van der Waals surface area contributed by atoms with Crippen molar-refractivity contribution in [3.05, 3.63) is 42.6 Å². The molecule has 1 rings (SSSR count). The monoisotopic (exact) mass is 223 g/mol. The number of rotatable bonds is 7. The number of carboxylic acids is 1. The van der Waals surface area contributed by atoms with Crippen LogP contribution < -0.4 is 10.2 Å². The molecule has 0 saturated heterocycles. The third-order valence-electron chi connectivity index (χ3n) is 1.65. The van der Waals surface area contributed by atoms with Crippen LogP contribution in [-0.2, 0) is 9.63 Å². The van der Waals surface area contributed by atoms with Crippen molar-refractivity contribution in [2.75, 3.05) is 13.2 Å². The molecule has 0 aliphatic carbocycles. The molecular formula is C11H13NO4. The summed E-state index contributed by atoms with van der Waals surface area (Å²) in [5.74, 6) is -0.410. The van der Waals surface area contributed by atoms with E-state index in [2.05, 4.69) is 12.1 Å². The summed E-state index contributed by atoms with van der Waals surface area (Å²) in [6.07, 6.45) is 0. The van der Waals surface area contributed by atoms with Gasteiger partial charge in [0.15, 0.2) is 0 Å². The SMILES string of the molecule is C=C(NOCCOc1ccccc1)C(=O)O. The molecule has 0 aliphatic rings. The Bertz CT molecular complexity index is 350. The maximum Gasteiger partial charge on any atom is 0.353 e. The van der Waals surface area contributed by atoms with Gasteiger partial charge in [0.1, 0.15) is 24.7 Å². The minimum Gasteiger partial charge on any atom is -0.491 e. The normalized spacial score (nSPS) is 9.50. The number of nitrogens with one attached hydrogen (secondary N) is 1. The van der Waals surface area contributed by atoms with Gasteiger partial charge in [-0.2, -0.15) is 0 Å². The lowest BCUT2D eigenvalue weighted by molar-refractivity contribution is -0.134. The van der Waals surface area contributed by atoms with Gasteiger partial charge in [-0.15, -0.1) is 0 Å². The van der Waals surface area contributed by atoms with Gasteiger partial charge in [-0.1, -0.05) is 24.8 Å². The van der Waals surface area contributed by atoms with Gasteiger partial charge in [-0.25, -0.2) is 4.79 Å². The second-order valence-corrected chi connectivity index (χ2v) is 2.90. The molecule has 2 N–H and O–H groups in total. The van der Waals surface area contributed by atoms with Crippen molar-refractivity contribution >= 4 is 5.97 Å². The molecule has 0 aromatic heterocycles. The number of aliphatic carboxylic acids is 1. The number of para-hydroxylation sites is 1. The summed E-state index contributed by atoms with van der Waals surface area (Å²) < 4.78 is 5.31. The van der Waals surface area contributed by atoms with E-state index in [0.29, 0.717) is 6.61 Å². The van der Waals surface area contributed by atoms with Gasteiger partial charge in [0.2, 0.25) is 0 Å². The van der Waals surface area contributed by atoms with Gasteiger partial charge in [-0.05, 0) is 12.1 Å². The second-order valence-electron chi connectivity index (χ2n) is 2.90. The predicted molar refractivity (Wildman–Crippen MR) is 57.8 cm³/mol. The highest BCUT2D eigenvalue weighted by atomic mass is 16.7. The van der Waals surface area contributed by atoms with Crippen molar-refractivity contribution in [2.45, 2.75) is 0 Å². The molecule has 0 fully saturated rings. The van der Waals surface area contributed by atoms with Crippen molar-refractivity contribution < 1.29 is 19.5 Å². The van der Waals surface area contributed by atoms with Crippen molar-refractivity contribution in [1.82, 2.24) is 5.48 Å². The van der Waals surface area contributed by atoms with E-state index in [0.717, 1.165) is 5.75 Å². The third kappa shape index (κ3) is 4.47. The molecular weight excluding hydrogens is 210 g/mol. The molecule has 0 heterocycles. The summed E-state index contributed by atoms with van der Waals surface area (Å²) in [5, 5.41) is 8.44. The van der Waals surface area contributed by atoms with E-state index in [1.807, 2.05) is 30.3 Å². The van der Waals surface area contributed by atoms with Gasteiger partial charge >= 0.3 is 5.97 Å². The topological polar surface area (TPSA) is 67.8 Å². The van der Waals surface area contributed by atoms with E-state index in [-0.39, 0.29) is 12.3 Å². The first-order valence-electron chi connectivity index (χ1n) is 4.68. The fourth-order valence-corrected chi connectivity index (χ4v) is 0.900.